The lowest BCUT2D eigenvalue weighted by molar-refractivity contribution is -0.144. The zero-order valence-corrected chi connectivity index (χ0v) is 22.6. The first-order valence-electron chi connectivity index (χ1n) is 13.3. The Morgan fingerprint density at radius 1 is 1.08 bits per heavy atom. The molecule has 0 aliphatic carbocycles. The third kappa shape index (κ3) is 6.25. The molecule has 3 amide bonds. The highest BCUT2D eigenvalue weighted by molar-refractivity contribution is 5.94. The molecule has 3 aliphatic heterocycles. The van der Waals surface area contributed by atoms with Crippen molar-refractivity contribution in [3.05, 3.63) is 71.9 Å². The van der Waals surface area contributed by atoms with Crippen LogP contribution >= 0.6 is 0 Å². The molecule has 2 aromatic rings. The zero-order valence-electron chi connectivity index (χ0n) is 22.6. The minimum absolute atomic E-state index is 0.101. The first kappa shape index (κ1) is 27.4. The average molecular weight is 519 g/mol. The van der Waals surface area contributed by atoms with Crippen molar-refractivity contribution in [3.63, 3.8) is 0 Å². The van der Waals surface area contributed by atoms with E-state index in [1.165, 1.54) is 0 Å². The standard InChI is InChI=1S/C30H38N4O4/c1-5-20(2)26-28(35)31-17-15-21-11-13-23(14-12-21)38-25-16-18-34(27(25)29(36)32-26)30(37)24(33(3)4)19-22-9-7-6-8-10-22/h6-15,17,20,24-27H,5,16,18-19H2,1-4H3,(H,31,35)(H,32,36)/b17-15-/t20?,24-,25-,26-,27?/m0/s1. The van der Waals surface area contributed by atoms with Gasteiger partial charge < -0.3 is 20.3 Å². The van der Waals surface area contributed by atoms with E-state index in [-0.39, 0.29) is 23.6 Å². The van der Waals surface area contributed by atoms with Gasteiger partial charge in [-0.1, -0.05) is 62.7 Å². The molecule has 8 heteroatoms. The lowest BCUT2D eigenvalue weighted by atomic mass is 9.97. The van der Waals surface area contributed by atoms with Crippen molar-refractivity contribution in [1.29, 1.82) is 0 Å². The molecule has 2 unspecified atom stereocenters. The molecule has 0 spiro atoms. The fourth-order valence-electron chi connectivity index (χ4n) is 5.05. The molecule has 0 radical (unpaired) electrons. The number of ether oxygens (including phenoxy) is 1. The third-order valence-electron chi connectivity index (χ3n) is 7.54. The van der Waals surface area contributed by atoms with Gasteiger partial charge >= 0.3 is 0 Å². The molecular formula is C30H38N4O4. The predicted molar refractivity (Wildman–Crippen MR) is 147 cm³/mol. The van der Waals surface area contributed by atoms with Crippen LogP contribution in [0.3, 0.4) is 0 Å². The Morgan fingerprint density at radius 3 is 2.45 bits per heavy atom. The van der Waals surface area contributed by atoms with Crippen molar-refractivity contribution in [2.24, 2.45) is 5.92 Å². The van der Waals surface area contributed by atoms with E-state index in [2.05, 4.69) is 10.6 Å². The number of hydrogen-bond donors (Lipinski definition) is 2. The smallest absolute Gasteiger partial charge is 0.247 e. The Hall–Kier alpha value is -3.65. The van der Waals surface area contributed by atoms with Gasteiger partial charge in [0.05, 0.1) is 6.04 Å². The van der Waals surface area contributed by atoms with Gasteiger partial charge in [-0.2, -0.15) is 0 Å². The Labute approximate surface area is 225 Å². The van der Waals surface area contributed by atoms with Crippen LogP contribution in [0.5, 0.6) is 5.75 Å². The Kier molecular flexibility index (Phi) is 8.84. The summed E-state index contributed by atoms with van der Waals surface area (Å²) < 4.78 is 6.30. The van der Waals surface area contributed by atoms with Crippen molar-refractivity contribution in [2.45, 2.75) is 57.3 Å². The molecule has 3 aliphatic rings. The van der Waals surface area contributed by atoms with E-state index in [1.54, 1.807) is 17.2 Å². The van der Waals surface area contributed by atoms with Crippen LogP contribution in [0.1, 0.15) is 37.8 Å². The molecule has 0 saturated carbocycles. The highest BCUT2D eigenvalue weighted by atomic mass is 16.5. The average Bonchev–Trinajstić information content (AvgIpc) is 3.34. The van der Waals surface area contributed by atoms with Crippen molar-refractivity contribution in [2.75, 3.05) is 20.6 Å². The van der Waals surface area contributed by atoms with Crippen LogP contribution in [0.15, 0.2) is 60.8 Å². The first-order valence-corrected chi connectivity index (χ1v) is 13.3. The number of likely N-dealkylation sites (tertiary alicyclic amines) is 1. The number of fused-ring (bicyclic) bond motifs is 7. The predicted octanol–water partition coefficient (Wildman–Crippen LogP) is 2.84. The molecule has 2 aromatic carbocycles. The first-order chi connectivity index (χ1) is 18.3. The minimum Gasteiger partial charge on any atom is -0.488 e. The van der Waals surface area contributed by atoms with Gasteiger partial charge in [-0.25, -0.2) is 0 Å². The van der Waals surface area contributed by atoms with Crippen LogP contribution in [-0.2, 0) is 20.8 Å². The monoisotopic (exact) mass is 518 g/mol. The second kappa shape index (κ2) is 12.3. The van der Waals surface area contributed by atoms with Gasteiger partial charge in [-0.3, -0.25) is 19.3 Å². The molecule has 2 N–H and O–H groups in total. The van der Waals surface area contributed by atoms with Gasteiger partial charge in [0.25, 0.3) is 0 Å². The lowest BCUT2D eigenvalue weighted by Crippen LogP contribution is -2.59. The summed E-state index contributed by atoms with van der Waals surface area (Å²) in [6.45, 7) is 4.30. The van der Waals surface area contributed by atoms with Crippen LogP contribution in [0.25, 0.3) is 6.08 Å². The second-order valence-corrected chi connectivity index (χ2v) is 10.4. The number of carbonyl (C=O) groups is 3. The maximum atomic E-state index is 14.0. The summed E-state index contributed by atoms with van der Waals surface area (Å²) in [5.74, 6) is -0.269. The number of amides is 3. The van der Waals surface area contributed by atoms with Gasteiger partial charge in [0.15, 0.2) is 0 Å². The van der Waals surface area contributed by atoms with Gasteiger partial charge in [0.1, 0.15) is 23.9 Å². The summed E-state index contributed by atoms with van der Waals surface area (Å²) in [5, 5.41) is 5.78. The number of rotatable bonds is 6. The van der Waals surface area contributed by atoms with Crippen LogP contribution in [-0.4, -0.2) is 72.4 Å². The molecule has 1 saturated heterocycles. The van der Waals surface area contributed by atoms with Crippen molar-refractivity contribution < 1.29 is 19.1 Å². The SMILES string of the molecule is CCC(C)[C@@H]1NC(=O)C2[C@H](CCN2C(=O)[C@H](Cc2ccccc2)N(C)C)Oc2ccc(cc2)/C=C\NC1=O. The largest absolute Gasteiger partial charge is 0.488 e. The molecule has 1 fully saturated rings. The second-order valence-electron chi connectivity index (χ2n) is 10.4. The molecule has 0 aromatic heterocycles. The molecule has 202 valence electrons. The van der Waals surface area contributed by atoms with E-state index >= 15 is 0 Å². The van der Waals surface area contributed by atoms with Crippen molar-refractivity contribution >= 4 is 23.8 Å². The van der Waals surface area contributed by atoms with Crippen LogP contribution in [0.2, 0.25) is 0 Å². The maximum absolute atomic E-state index is 14.0. The Morgan fingerprint density at radius 2 is 1.79 bits per heavy atom. The normalized spacial score (nSPS) is 24.0. The van der Waals surface area contributed by atoms with Crippen molar-refractivity contribution in [1.82, 2.24) is 20.4 Å². The molecule has 3 heterocycles. The lowest BCUT2D eigenvalue weighted by Gasteiger charge is -2.34. The highest BCUT2D eigenvalue weighted by Gasteiger charge is 2.46. The summed E-state index contributed by atoms with van der Waals surface area (Å²) in [4.78, 5) is 44.5. The molecular weight excluding hydrogens is 480 g/mol. The van der Waals surface area contributed by atoms with E-state index in [4.69, 9.17) is 4.74 Å². The maximum Gasteiger partial charge on any atom is 0.247 e. The van der Waals surface area contributed by atoms with E-state index in [1.807, 2.05) is 87.4 Å². The van der Waals surface area contributed by atoms with E-state index < -0.39 is 24.2 Å². The third-order valence-corrected chi connectivity index (χ3v) is 7.54. The number of likely N-dealkylation sites (N-methyl/N-ethyl adjacent to an activating group) is 1. The summed E-state index contributed by atoms with van der Waals surface area (Å²) >= 11 is 0. The molecule has 2 bridgehead atoms. The molecule has 38 heavy (non-hydrogen) atoms. The fourth-order valence-corrected chi connectivity index (χ4v) is 5.05. The number of carbonyl (C=O) groups excluding carboxylic acids is 3. The molecule has 5 atom stereocenters. The summed E-state index contributed by atoms with van der Waals surface area (Å²) in [7, 11) is 3.75. The zero-order chi connectivity index (χ0) is 27.2. The minimum atomic E-state index is -0.863. The van der Waals surface area contributed by atoms with E-state index in [0.717, 1.165) is 11.1 Å². The fraction of sp³-hybridized carbons (Fsp3) is 0.433. The molecule has 8 nitrogen and oxygen atoms in total. The number of nitrogens with zero attached hydrogens (tertiary/aromatic N) is 2. The Balaban J connectivity index is 1.67. The van der Waals surface area contributed by atoms with Crippen LogP contribution in [0, 0.1) is 5.92 Å². The van der Waals surface area contributed by atoms with Gasteiger partial charge in [-0.05, 0) is 55.8 Å². The van der Waals surface area contributed by atoms with E-state index in [0.29, 0.717) is 31.6 Å². The van der Waals surface area contributed by atoms with Gasteiger partial charge in [0, 0.05) is 19.2 Å². The molecule has 5 rings (SSSR count). The number of hydrogen-bond acceptors (Lipinski definition) is 5. The highest BCUT2D eigenvalue weighted by Crippen LogP contribution is 2.27. The Bertz CT molecular complexity index is 1150. The summed E-state index contributed by atoms with van der Waals surface area (Å²) in [5.41, 5.74) is 1.96. The van der Waals surface area contributed by atoms with Crippen molar-refractivity contribution in [3.8, 4) is 5.75 Å². The van der Waals surface area contributed by atoms with Gasteiger partial charge in [0.2, 0.25) is 17.7 Å². The quantitative estimate of drug-likeness (QED) is 0.614. The topological polar surface area (TPSA) is 91.0 Å². The summed E-state index contributed by atoms with van der Waals surface area (Å²) in [6, 6.07) is 15.3. The summed E-state index contributed by atoms with van der Waals surface area (Å²) in [6.07, 6.45) is 4.59. The number of nitrogens with one attached hydrogen (secondary N) is 2. The van der Waals surface area contributed by atoms with Crippen LogP contribution < -0.4 is 15.4 Å². The van der Waals surface area contributed by atoms with Gasteiger partial charge in [-0.15, -0.1) is 0 Å². The van der Waals surface area contributed by atoms with E-state index in [9.17, 15) is 14.4 Å². The van der Waals surface area contributed by atoms with Crippen LogP contribution in [0.4, 0.5) is 0 Å². The number of benzene rings is 2.